The molecule has 2 N–H and O–H groups in total. The molecular formula is C17H17NO2S. The number of carbonyl (C=O) groups is 1. The first-order valence-electron chi connectivity index (χ1n) is 6.81. The largest absolute Gasteiger partial charge is 0.395 e. The molecule has 0 radical (unpaired) electrons. The number of aliphatic hydroxyl groups excluding tert-OH is 1. The van der Waals surface area contributed by atoms with E-state index in [0.717, 1.165) is 17.0 Å². The van der Waals surface area contributed by atoms with Crippen molar-refractivity contribution in [2.24, 2.45) is 0 Å². The van der Waals surface area contributed by atoms with E-state index >= 15 is 0 Å². The molecule has 0 atom stereocenters. The molecule has 4 heteroatoms. The Hall–Kier alpha value is -2.09. The number of nitrogens with one attached hydrogen (secondary N) is 1. The minimum absolute atomic E-state index is 0.0550. The first-order chi connectivity index (χ1) is 10.2. The number of benzene rings is 1. The van der Waals surface area contributed by atoms with Crippen LogP contribution in [0.4, 0.5) is 5.69 Å². The number of amides is 1. The summed E-state index contributed by atoms with van der Waals surface area (Å²) in [5, 5.41) is 13.3. The van der Waals surface area contributed by atoms with E-state index in [-0.39, 0.29) is 12.5 Å². The van der Waals surface area contributed by atoms with E-state index in [1.54, 1.807) is 11.4 Å². The molecule has 1 aromatic heterocycles. The number of aliphatic hydroxyl groups is 1. The van der Waals surface area contributed by atoms with Gasteiger partial charge in [-0.2, -0.15) is 0 Å². The maximum Gasteiger partial charge on any atom is 0.256 e. The average Bonchev–Trinajstić information content (AvgIpc) is 2.97. The number of hydrogen-bond acceptors (Lipinski definition) is 3. The predicted octanol–water partition coefficient (Wildman–Crippen LogP) is 3.30. The second-order valence-corrected chi connectivity index (χ2v) is 5.39. The molecule has 1 aromatic carbocycles. The Bertz CT molecular complexity index is 662. The van der Waals surface area contributed by atoms with Gasteiger partial charge in [-0.3, -0.25) is 4.79 Å². The van der Waals surface area contributed by atoms with Crippen molar-refractivity contribution in [3.8, 4) is 11.8 Å². The molecule has 0 aliphatic rings. The van der Waals surface area contributed by atoms with Gasteiger partial charge in [0, 0.05) is 17.5 Å². The minimum Gasteiger partial charge on any atom is -0.395 e. The van der Waals surface area contributed by atoms with Crippen LogP contribution in [0, 0.1) is 11.8 Å². The van der Waals surface area contributed by atoms with Crippen molar-refractivity contribution in [1.29, 1.82) is 0 Å². The molecule has 0 unspecified atom stereocenters. The molecule has 0 aliphatic heterocycles. The SMILES string of the molecule is CCc1ccc(NC(=O)c2csc(C#CCCO)c2)cc1. The van der Waals surface area contributed by atoms with Crippen LogP contribution in [0.3, 0.4) is 0 Å². The fraction of sp³-hybridized carbons (Fsp3) is 0.235. The van der Waals surface area contributed by atoms with Crippen molar-refractivity contribution >= 4 is 22.9 Å². The van der Waals surface area contributed by atoms with Crippen molar-refractivity contribution in [3.05, 3.63) is 51.7 Å². The Morgan fingerprint density at radius 1 is 1.33 bits per heavy atom. The highest BCUT2D eigenvalue weighted by Gasteiger charge is 2.08. The molecule has 0 aliphatic carbocycles. The Balaban J connectivity index is 2.01. The fourth-order valence-corrected chi connectivity index (χ4v) is 2.51. The van der Waals surface area contributed by atoms with Crippen molar-refractivity contribution in [3.63, 3.8) is 0 Å². The molecule has 2 rings (SSSR count). The number of anilines is 1. The summed E-state index contributed by atoms with van der Waals surface area (Å²) in [6.45, 7) is 2.15. The highest BCUT2D eigenvalue weighted by atomic mass is 32.1. The predicted molar refractivity (Wildman–Crippen MR) is 86.7 cm³/mol. The highest BCUT2D eigenvalue weighted by Crippen LogP contribution is 2.16. The summed E-state index contributed by atoms with van der Waals surface area (Å²) in [6.07, 6.45) is 1.43. The van der Waals surface area contributed by atoms with Crippen molar-refractivity contribution in [2.45, 2.75) is 19.8 Å². The van der Waals surface area contributed by atoms with Crippen LogP contribution in [-0.2, 0) is 6.42 Å². The fourth-order valence-electron chi connectivity index (χ4n) is 1.75. The smallest absolute Gasteiger partial charge is 0.256 e. The summed E-state index contributed by atoms with van der Waals surface area (Å²) in [5.41, 5.74) is 2.63. The van der Waals surface area contributed by atoms with Crippen LogP contribution < -0.4 is 5.32 Å². The third-order valence-electron chi connectivity index (χ3n) is 2.93. The number of hydrogen-bond donors (Lipinski definition) is 2. The summed E-state index contributed by atoms with van der Waals surface area (Å²) in [6, 6.07) is 9.60. The van der Waals surface area contributed by atoms with Gasteiger partial charge in [-0.05, 0) is 30.2 Å². The molecule has 0 bridgehead atoms. The Morgan fingerprint density at radius 3 is 2.76 bits per heavy atom. The molecule has 0 fully saturated rings. The second kappa shape index (κ2) is 7.63. The zero-order valence-electron chi connectivity index (χ0n) is 11.8. The number of thiophene rings is 1. The molecule has 0 saturated heterocycles. The Morgan fingerprint density at radius 2 is 2.10 bits per heavy atom. The van der Waals surface area contributed by atoms with Gasteiger partial charge in [0.05, 0.1) is 17.0 Å². The lowest BCUT2D eigenvalue weighted by Crippen LogP contribution is -2.10. The van der Waals surface area contributed by atoms with Gasteiger partial charge >= 0.3 is 0 Å². The Kier molecular flexibility index (Phi) is 5.56. The standard InChI is InChI=1S/C17H17NO2S/c1-2-13-6-8-15(9-7-13)18-17(20)14-11-16(21-12-14)5-3-4-10-19/h6-9,11-12,19H,2,4,10H2,1H3,(H,18,20). The molecular weight excluding hydrogens is 282 g/mol. The zero-order valence-corrected chi connectivity index (χ0v) is 12.7. The van der Waals surface area contributed by atoms with E-state index in [0.29, 0.717) is 12.0 Å². The van der Waals surface area contributed by atoms with Crippen LogP contribution in [0.15, 0.2) is 35.7 Å². The first-order valence-corrected chi connectivity index (χ1v) is 7.69. The maximum atomic E-state index is 12.1. The van der Waals surface area contributed by atoms with E-state index in [2.05, 4.69) is 24.1 Å². The monoisotopic (exact) mass is 299 g/mol. The maximum absolute atomic E-state index is 12.1. The molecule has 21 heavy (non-hydrogen) atoms. The minimum atomic E-state index is -0.134. The lowest BCUT2D eigenvalue weighted by Gasteiger charge is -2.04. The summed E-state index contributed by atoms with van der Waals surface area (Å²) in [7, 11) is 0. The first kappa shape index (κ1) is 15.3. The lowest BCUT2D eigenvalue weighted by atomic mass is 10.1. The van der Waals surface area contributed by atoms with Crippen LogP contribution >= 0.6 is 11.3 Å². The van der Waals surface area contributed by atoms with Gasteiger partial charge in [0.25, 0.3) is 5.91 Å². The summed E-state index contributed by atoms with van der Waals surface area (Å²) < 4.78 is 0. The van der Waals surface area contributed by atoms with Crippen molar-refractivity contribution in [2.75, 3.05) is 11.9 Å². The van der Waals surface area contributed by atoms with Gasteiger partial charge in [0.15, 0.2) is 0 Å². The van der Waals surface area contributed by atoms with Gasteiger partial charge in [-0.15, -0.1) is 11.3 Å². The molecule has 0 spiro atoms. The molecule has 2 aromatic rings. The quantitative estimate of drug-likeness (QED) is 0.851. The molecule has 0 saturated carbocycles. The van der Waals surface area contributed by atoms with Crippen LogP contribution in [0.5, 0.6) is 0 Å². The van der Waals surface area contributed by atoms with Crippen molar-refractivity contribution < 1.29 is 9.90 Å². The van der Waals surface area contributed by atoms with Crippen LogP contribution in [0.2, 0.25) is 0 Å². The molecule has 1 amide bonds. The van der Waals surface area contributed by atoms with E-state index in [9.17, 15) is 4.79 Å². The van der Waals surface area contributed by atoms with Gasteiger partial charge in [0.1, 0.15) is 0 Å². The van der Waals surface area contributed by atoms with Crippen LogP contribution in [-0.4, -0.2) is 17.6 Å². The van der Waals surface area contributed by atoms with Crippen LogP contribution in [0.25, 0.3) is 0 Å². The van der Waals surface area contributed by atoms with E-state index in [4.69, 9.17) is 5.11 Å². The normalized spacial score (nSPS) is 9.81. The molecule has 108 valence electrons. The highest BCUT2D eigenvalue weighted by molar-refractivity contribution is 7.10. The van der Waals surface area contributed by atoms with Gasteiger partial charge < -0.3 is 10.4 Å². The Labute approximate surface area is 128 Å². The zero-order chi connectivity index (χ0) is 15.1. The van der Waals surface area contributed by atoms with Crippen LogP contribution in [0.1, 0.15) is 34.1 Å². The number of carbonyl (C=O) groups excluding carboxylic acids is 1. The van der Waals surface area contributed by atoms with E-state index < -0.39 is 0 Å². The summed E-state index contributed by atoms with van der Waals surface area (Å²) in [5.74, 6) is 5.64. The third kappa shape index (κ3) is 4.45. The average molecular weight is 299 g/mol. The topological polar surface area (TPSA) is 49.3 Å². The van der Waals surface area contributed by atoms with Gasteiger partial charge in [0.2, 0.25) is 0 Å². The van der Waals surface area contributed by atoms with Gasteiger partial charge in [-0.1, -0.05) is 30.9 Å². The lowest BCUT2D eigenvalue weighted by molar-refractivity contribution is 0.102. The second-order valence-electron chi connectivity index (χ2n) is 4.48. The third-order valence-corrected chi connectivity index (χ3v) is 3.78. The number of rotatable bonds is 4. The summed E-state index contributed by atoms with van der Waals surface area (Å²) >= 11 is 1.43. The van der Waals surface area contributed by atoms with Gasteiger partial charge in [-0.25, -0.2) is 0 Å². The van der Waals surface area contributed by atoms with Crippen molar-refractivity contribution in [1.82, 2.24) is 0 Å². The van der Waals surface area contributed by atoms with E-state index in [1.165, 1.54) is 16.9 Å². The number of aryl methyl sites for hydroxylation is 1. The molecule has 3 nitrogen and oxygen atoms in total. The molecule has 1 heterocycles. The summed E-state index contributed by atoms with van der Waals surface area (Å²) in [4.78, 5) is 12.9. The van der Waals surface area contributed by atoms with E-state index in [1.807, 2.05) is 24.3 Å².